The number of aromatic nitrogens is 5. The van der Waals surface area contributed by atoms with Crippen molar-refractivity contribution >= 4 is 28.6 Å². The van der Waals surface area contributed by atoms with Crippen LogP contribution in [0.2, 0.25) is 0 Å². The highest BCUT2D eigenvalue weighted by molar-refractivity contribution is 5.81. The molecule has 4 heterocycles. The van der Waals surface area contributed by atoms with Gasteiger partial charge in [-0.3, -0.25) is 4.98 Å². The fourth-order valence-electron chi connectivity index (χ4n) is 6.19. The molecule has 1 fully saturated rings. The first-order valence-corrected chi connectivity index (χ1v) is 15.8. The van der Waals surface area contributed by atoms with Crippen molar-refractivity contribution < 1.29 is 32.2 Å². The molecular weight excluding hydrogens is 658 g/mol. The van der Waals surface area contributed by atoms with Crippen molar-refractivity contribution in [1.82, 2.24) is 29.8 Å². The molecule has 0 saturated carbocycles. The zero-order valence-corrected chi connectivity index (χ0v) is 26.9. The Hall–Kier alpha value is -5.19. The molecule has 1 aliphatic heterocycles. The molecule has 2 aromatic carbocycles. The van der Waals surface area contributed by atoms with E-state index in [2.05, 4.69) is 25.3 Å². The molecule has 5 aromatic rings. The number of alkyl halides is 2. The minimum atomic E-state index is -3.05. The maximum absolute atomic E-state index is 15.7. The van der Waals surface area contributed by atoms with Gasteiger partial charge in [0, 0.05) is 24.7 Å². The third kappa shape index (κ3) is 7.08. The van der Waals surface area contributed by atoms with Crippen LogP contribution in [0.4, 0.5) is 29.1 Å². The van der Waals surface area contributed by atoms with Crippen molar-refractivity contribution in [2.24, 2.45) is 5.73 Å². The number of hydrogen-bond donors (Lipinski definition) is 4. The van der Waals surface area contributed by atoms with Gasteiger partial charge in [-0.1, -0.05) is 30.3 Å². The molecule has 3 aromatic heterocycles. The lowest BCUT2D eigenvalue weighted by Crippen LogP contribution is -2.63. The summed E-state index contributed by atoms with van der Waals surface area (Å²) in [6.45, 7) is 0.368. The first-order chi connectivity index (χ1) is 24.0. The second-order valence-corrected chi connectivity index (χ2v) is 12.3. The second-order valence-electron chi connectivity index (χ2n) is 12.3. The van der Waals surface area contributed by atoms with Crippen molar-refractivity contribution in [2.75, 3.05) is 30.8 Å². The van der Waals surface area contributed by atoms with E-state index < -0.39 is 47.5 Å². The van der Waals surface area contributed by atoms with E-state index in [4.69, 9.17) is 16.2 Å². The van der Waals surface area contributed by atoms with Gasteiger partial charge in [0.1, 0.15) is 29.8 Å². The number of halogens is 4. The van der Waals surface area contributed by atoms with Crippen molar-refractivity contribution in [3.8, 4) is 17.0 Å². The summed E-state index contributed by atoms with van der Waals surface area (Å²) < 4.78 is 65.2. The van der Waals surface area contributed by atoms with Gasteiger partial charge in [0.15, 0.2) is 23.0 Å². The zero-order valence-electron chi connectivity index (χ0n) is 26.9. The van der Waals surface area contributed by atoms with Gasteiger partial charge in [0.2, 0.25) is 0 Å². The van der Waals surface area contributed by atoms with Crippen LogP contribution in [0, 0.1) is 11.6 Å². The Kier molecular flexibility index (Phi) is 9.95. The van der Waals surface area contributed by atoms with Crippen LogP contribution in [-0.4, -0.2) is 79.8 Å². The van der Waals surface area contributed by atoms with Crippen LogP contribution in [0.1, 0.15) is 24.0 Å². The number of aliphatic hydroxyl groups excluding tert-OH is 1. The number of carbonyl (C=O) groups is 1. The molecule has 50 heavy (non-hydrogen) atoms. The Morgan fingerprint density at radius 1 is 1.10 bits per heavy atom. The lowest BCUT2D eigenvalue weighted by Gasteiger charge is -2.44. The van der Waals surface area contributed by atoms with Crippen LogP contribution in [0.3, 0.4) is 0 Å². The van der Waals surface area contributed by atoms with E-state index in [-0.39, 0.29) is 43.0 Å². The summed E-state index contributed by atoms with van der Waals surface area (Å²) in [4.78, 5) is 31.6. The quantitative estimate of drug-likeness (QED) is 0.0908. The Morgan fingerprint density at radius 2 is 1.88 bits per heavy atom. The average Bonchev–Trinajstić information content (AvgIpc) is 3.52. The largest absolute Gasteiger partial charge is 0.422 e. The summed E-state index contributed by atoms with van der Waals surface area (Å²) in [7, 11) is 1.56. The predicted molar refractivity (Wildman–Crippen MR) is 177 cm³/mol. The number of nitrogens with zero attached hydrogens (tertiary/aromatic N) is 6. The first-order valence-electron chi connectivity index (χ1n) is 15.8. The molecular formula is C34H35F4N9O3. The number of rotatable bonds is 11. The number of nitrogens with one attached hydrogen (secondary N) is 1. The van der Waals surface area contributed by atoms with Crippen LogP contribution in [0.25, 0.3) is 22.4 Å². The van der Waals surface area contributed by atoms with E-state index in [1.165, 1.54) is 24.9 Å². The number of pyridine rings is 1. The van der Waals surface area contributed by atoms with Crippen molar-refractivity contribution in [2.45, 2.75) is 49.9 Å². The molecule has 1 aliphatic rings. The zero-order chi connectivity index (χ0) is 35.6. The Morgan fingerprint density at radius 3 is 2.62 bits per heavy atom. The number of anilines is 2. The van der Waals surface area contributed by atoms with E-state index in [0.717, 1.165) is 17.7 Å². The molecule has 6 N–H and O–H groups in total. The average molecular weight is 694 g/mol. The van der Waals surface area contributed by atoms with Gasteiger partial charge in [0.25, 0.3) is 6.43 Å². The third-order valence-corrected chi connectivity index (χ3v) is 8.88. The SMILES string of the molecule is CNC(Cc1ccccc1)C(=O)Oc1cc(F)c(-c2cc(Cn3cnc4c(N)ncnc43)c(N3CCC[C@](N)([C@H](O)C(F)F)C3)cn2)cc1F. The lowest BCUT2D eigenvalue weighted by molar-refractivity contribution is -0.136. The van der Waals surface area contributed by atoms with Gasteiger partial charge < -0.3 is 36.1 Å². The molecule has 0 amide bonds. The highest BCUT2D eigenvalue weighted by Gasteiger charge is 2.43. The molecule has 1 unspecified atom stereocenters. The predicted octanol–water partition coefficient (Wildman–Crippen LogP) is 3.46. The Balaban J connectivity index is 1.33. The summed E-state index contributed by atoms with van der Waals surface area (Å²) in [5, 5.41) is 13.1. The fraction of sp³-hybridized carbons (Fsp3) is 0.324. The topological polar surface area (TPSA) is 170 Å². The van der Waals surface area contributed by atoms with Crippen LogP contribution in [0.15, 0.2) is 67.4 Å². The van der Waals surface area contributed by atoms with Crippen molar-refractivity contribution in [3.05, 3.63) is 90.1 Å². The van der Waals surface area contributed by atoms with Gasteiger partial charge in [-0.25, -0.2) is 37.3 Å². The molecule has 1 saturated heterocycles. The molecule has 6 rings (SSSR count). The van der Waals surface area contributed by atoms with Gasteiger partial charge >= 0.3 is 5.97 Å². The standard InChI is InChI=1S/C34H35F4N9O3/c1-41-25(10-19-6-3-2-4-7-19)33(49)50-27-13-22(35)21(12-23(27)36)24-11-20(15-47-18-45-28-31(39)43-17-44-32(28)47)26(14-42-24)46-9-5-8-34(40,16-46)29(48)30(37)38/h2-4,6-7,11-14,17-18,25,29-30,41,48H,5,8-10,15-16,40H2,1H3,(H2,39,43,44)/t25?,29-,34-/m1/s1. The molecule has 0 bridgehead atoms. The summed E-state index contributed by atoms with van der Waals surface area (Å²) in [6.07, 6.45) is -0.0876. The minimum Gasteiger partial charge on any atom is -0.422 e. The van der Waals surface area contributed by atoms with Crippen LogP contribution in [-0.2, 0) is 17.8 Å². The smallest absolute Gasteiger partial charge is 0.328 e. The molecule has 3 atom stereocenters. The molecule has 12 nitrogen and oxygen atoms in total. The van der Waals surface area contributed by atoms with E-state index >= 15 is 8.78 Å². The number of carbonyl (C=O) groups excluding carboxylic acids is 1. The second kappa shape index (κ2) is 14.3. The number of esters is 1. The van der Waals surface area contributed by atoms with Gasteiger partial charge in [-0.2, -0.15) is 0 Å². The Labute approximate surface area is 284 Å². The number of imidazole rings is 1. The van der Waals surface area contributed by atoms with E-state index in [1.54, 1.807) is 16.5 Å². The number of fused-ring (bicyclic) bond motifs is 1. The van der Waals surface area contributed by atoms with Crippen LogP contribution < -0.4 is 26.4 Å². The maximum atomic E-state index is 15.7. The molecule has 16 heteroatoms. The van der Waals surface area contributed by atoms with Gasteiger partial charge in [0.05, 0.1) is 36.0 Å². The number of hydrogen-bond acceptors (Lipinski definition) is 11. The lowest BCUT2D eigenvalue weighted by atomic mass is 9.84. The summed E-state index contributed by atoms with van der Waals surface area (Å²) in [6, 6.07) is 11.5. The van der Waals surface area contributed by atoms with E-state index in [9.17, 15) is 18.7 Å². The highest BCUT2D eigenvalue weighted by atomic mass is 19.3. The van der Waals surface area contributed by atoms with Crippen LogP contribution in [0.5, 0.6) is 5.75 Å². The van der Waals surface area contributed by atoms with Crippen molar-refractivity contribution in [3.63, 3.8) is 0 Å². The Bertz CT molecular complexity index is 2000. The number of nitrogens with two attached hydrogens (primary N) is 2. The first kappa shape index (κ1) is 34.7. The summed E-state index contributed by atoms with van der Waals surface area (Å²) in [5.74, 6) is -3.12. The molecule has 262 valence electrons. The van der Waals surface area contributed by atoms with Crippen molar-refractivity contribution in [1.29, 1.82) is 0 Å². The maximum Gasteiger partial charge on any atom is 0.328 e. The molecule has 0 aliphatic carbocycles. The van der Waals surface area contributed by atoms with E-state index in [1.807, 2.05) is 30.3 Å². The molecule has 0 spiro atoms. The normalized spacial score (nSPS) is 17.6. The highest BCUT2D eigenvalue weighted by Crippen LogP contribution is 2.35. The van der Waals surface area contributed by atoms with Crippen LogP contribution >= 0.6 is 0 Å². The number of likely N-dealkylation sites (N-methyl/N-ethyl adjacent to an activating group) is 1. The van der Waals surface area contributed by atoms with E-state index in [0.29, 0.717) is 35.4 Å². The fourth-order valence-corrected chi connectivity index (χ4v) is 6.19. The number of ether oxygens (including phenoxy) is 1. The molecule has 0 radical (unpaired) electrons. The number of aliphatic hydroxyl groups is 1. The third-order valence-electron chi connectivity index (χ3n) is 8.88. The summed E-state index contributed by atoms with van der Waals surface area (Å²) >= 11 is 0. The minimum absolute atomic E-state index is 0.0393. The number of benzene rings is 2. The number of piperidine rings is 1. The summed E-state index contributed by atoms with van der Waals surface area (Å²) in [5.41, 5.74) is 13.1. The van der Waals surface area contributed by atoms with Gasteiger partial charge in [-0.05, 0) is 49.6 Å². The monoisotopic (exact) mass is 693 g/mol. The number of nitrogen functional groups attached to an aromatic ring is 1. The van der Waals surface area contributed by atoms with Gasteiger partial charge in [-0.15, -0.1) is 0 Å².